The number of aromatic nitrogens is 2. The monoisotopic (exact) mass is 342 g/mol. The van der Waals surface area contributed by atoms with Crippen LogP contribution in [0.1, 0.15) is 43.2 Å². The molecule has 2 aromatic rings. The Morgan fingerprint density at radius 3 is 3.08 bits per heavy atom. The Hall–Kier alpha value is -2.08. The topological polar surface area (TPSA) is 63.3 Å². The lowest BCUT2D eigenvalue weighted by Crippen LogP contribution is -2.42. The predicted molar refractivity (Wildman–Crippen MR) is 93.9 cm³/mol. The number of piperidine rings is 1. The highest BCUT2D eigenvalue weighted by Gasteiger charge is 2.28. The van der Waals surface area contributed by atoms with Crippen LogP contribution in [0.4, 0.5) is 0 Å². The zero-order valence-corrected chi connectivity index (χ0v) is 14.6. The second-order valence-corrected chi connectivity index (χ2v) is 7.31. The molecule has 3 heterocycles. The Morgan fingerprint density at radius 2 is 2.28 bits per heavy atom. The summed E-state index contributed by atoms with van der Waals surface area (Å²) in [4.78, 5) is 19.1. The lowest BCUT2D eigenvalue weighted by molar-refractivity contribution is -0.122. The van der Waals surface area contributed by atoms with Gasteiger partial charge in [0, 0.05) is 31.4 Å². The van der Waals surface area contributed by atoms with Crippen molar-refractivity contribution in [1.82, 2.24) is 19.8 Å². The Bertz CT molecular complexity index is 690. The van der Waals surface area contributed by atoms with Gasteiger partial charge in [-0.15, -0.1) is 0 Å². The molecule has 2 aromatic heterocycles. The van der Waals surface area contributed by atoms with Crippen molar-refractivity contribution in [3.8, 4) is 0 Å². The van der Waals surface area contributed by atoms with E-state index in [0.29, 0.717) is 19.0 Å². The molecule has 134 valence electrons. The van der Waals surface area contributed by atoms with E-state index in [1.807, 2.05) is 18.3 Å². The quantitative estimate of drug-likeness (QED) is 0.839. The summed E-state index contributed by atoms with van der Waals surface area (Å²) in [6.45, 7) is 3.90. The Labute approximate surface area is 148 Å². The van der Waals surface area contributed by atoms with Crippen molar-refractivity contribution < 1.29 is 9.21 Å². The standard InChI is InChI=1S/C19H26N4O2/c24-18(21-11-17-4-2-10-25-17)14-22-8-1-3-16(13-22)19-20-7-9-23(19)12-15-5-6-15/h2,4,7,9-10,15-16H,1,3,5-6,8,11-14H2,(H,21,24). The Kier molecular flexibility index (Phi) is 4.88. The van der Waals surface area contributed by atoms with Crippen LogP contribution in [0, 0.1) is 5.92 Å². The summed E-state index contributed by atoms with van der Waals surface area (Å²) in [5.41, 5.74) is 0. The minimum Gasteiger partial charge on any atom is -0.467 e. The van der Waals surface area contributed by atoms with Crippen LogP contribution in [0.25, 0.3) is 0 Å². The normalized spacial score (nSPS) is 21.4. The van der Waals surface area contributed by atoms with E-state index in [1.54, 1.807) is 6.26 Å². The second-order valence-electron chi connectivity index (χ2n) is 7.31. The number of hydrogen-bond donors (Lipinski definition) is 1. The van der Waals surface area contributed by atoms with Crippen LogP contribution in [-0.4, -0.2) is 40.0 Å². The predicted octanol–water partition coefficient (Wildman–Crippen LogP) is 2.38. The first-order chi connectivity index (χ1) is 12.3. The number of nitrogens with one attached hydrogen (secondary N) is 1. The molecule has 6 nitrogen and oxygen atoms in total. The molecule has 1 aliphatic heterocycles. The number of likely N-dealkylation sites (tertiary alicyclic amines) is 1. The fourth-order valence-corrected chi connectivity index (χ4v) is 3.68. The fourth-order valence-electron chi connectivity index (χ4n) is 3.68. The smallest absolute Gasteiger partial charge is 0.234 e. The van der Waals surface area contributed by atoms with E-state index in [0.717, 1.165) is 44.2 Å². The largest absolute Gasteiger partial charge is 0.467 e. The average molecular weight is 342 g/mol. The summed E-state index contributed by atoms with van der Waals surface area (Å²) in [7, 11) is 0. The molecule has 1 amide bonds. The summed E-state index contributed by atoms with van der Waals surface area (Å²) < 4.78 is 7.59. The third-order valence-corrected chi connectivity index (χ3v) is 5.18. The number of carbonyl (C=O) groups excluding carboxylic acids is 1. The van der Waals surface area contributed by atoms with E-state index >= 15 is 0 Å². The van der Waals surface area contributed by atoms with Crippen molar-refractivity contribution in [3.63, 3.8) is 0 Å². The van der Waals surface area contributed by atoms with Gasteiger partial charge in [0.25, 0.3) is 0 Å². The molecule has 2 aliphatic rings. The lowest BCUT2D eigenvalue weighted by atomic mass is 9.97. The summed E-state index contributed by atoms with van der Waals surface area (Å²) in [5.74, 6) is 3.32. The van der Waals surface area contributed by atoms with Crippen molar-refractivity contribution in [3.05, 3.63) is 42.4 Å². The highest BCUT2D eigenvalue weighted by atomic mass is 16.3. The fraction of sp³-hybridized carbons (Fsp3) is 0.579. The molecule has 1 unspecified atom stereocenters. The van der Waals surface area contributed by atoms with Gasteiger partial charge in [0.1, 0.15) is 11.6 Å². The molecular weight excluding hydrogens is 316 g/mol. The minimum absolute atomic E-state index is 0.0540. The van der Waals surface area contributed by atoms with E-state index in [2.05, 4.69) is 26.0 Å². The molecule has 1 N–H and O–H groups in total. The van der Waals surface area contributed by atoms with Gasteiger partial charge >= 0.3 is 0 Å². The molecule has 2 fully saturated rings. The average Bonchev–Trinajstić information content (AvgIpc) is 3.09. The second kappa shape index (κ2) is 7.44. The molecular formula is C19H26N4O2. The molecule has 0 aromatic carbocycles. The first kappa shape index (κ1) is 16.4. The van der Waals surface area contributed by atoms with Crippen LogP contribution in [0.5, 0.6) is 0 Å². The van der Waals surface area contributed by atoms with Crippen LogP contribution in [0.3, 0.4) is 0 Å². The van der Waals surface area contributed by atoms with Crippen LogP contribution in [0.2, 0.25) is 0 Å². The van der Waals surface area contributed by atoms with Crippen molar-refractivity contribution in [1.29, 1.82) is 0 Å². The van der Waals surface area contributed by atoms with Gasteiger partial charge in [0.2, 0.25) is 5.91 Å². The van der Waals surface area contributed by atoms with Crippen molar-refractivity contribution >= 4 is 5.91 Å². The van der Waals surface area contributed by atoms with E-state index in [-0.39, 0.29) is 5.91 Å². The summed E-state index contributed by atoms with van der Waals surface area (Å²) in [5, 5.41) is 2.93. The van der Waals surface area contributed by atoms with Crippen LogP contribution >= 0.6 is 0 Å². The number of nitrogens with zero attached hydrogens (tertiary/aromatic N) is 3. The van der Waals surface area contributed by atoms with E-state index in [9.17, 15) is 4.79 Å². The minimum atomic E-state index is 0.0540. The number of rotatable bonds is 7. The van der Waals surface area contributed by atoms with Gasteiger partial charge in [-0.25, -0.2) is 4.98 Å². The Balaban J connectivity index is 1.30. The third-order valence-electron chi connectivity index (χ3n) is 5.18. The van der Waals surface area contributed by atoms with Gasteiger partial charge < -0.3 is 14.3 Å². The maximum atomic E-state index is 12.2. The van der Waals surface area contributed by atoms with Crippen molar-refractivity contribution in [2.24, 2.45) is 5.92 Å². The van der Waals surface area contributed by atoms with Gasteiger partial charge in [-0.2, -0.15) is 0 Å². The molecule has 25 heavy (non-hydrogen) atoms. The molecule has 1 saturated carbocycles. The van der Waals surface area contributed by atoms with Crippen LogP contribution in [0.15, 0.2) is 35.2 Å². The molecule has 1 atom stereocenters. The highest BCUT2D eigenvalue weighted by molar-refractivity contribution is 5.77. The van der Waals surface area contributed by atoms with Crippen molar-refractivity contribution in [2.45, 2.75) is 44.7 Å². The summed E-state index contributed by atoms with van der Waals surface area (Å²) in [6.07, 6.45) is 10.6. The zero-order chi connectivity index (χ0) is 17.1. The van der Waals surface area contributed by atoms with Gasteiger partial charge in [-0.3, -0.25) is 9.69 Å². The SMILES string of the molecule is O=C(CN1CCCC(c2nccn2CC2CC2)C1)NCc1ccco1. The number of carbonyl (C=O) groups is 1. The molecule has 1 saturated heterocycles. The molecule has 1 aliphatic carbocycles. The Morgan fingerprint density at radius 1 is 1.36 bits per heavy atom. The van der Waals surface area contributed by atoms with Crippen molar-refractivity contribution in [2.75, 3.05) is 19.6 Å². The van der Waals surface area contributed by atoms with Crippen LogP contribution < -0.4 is 5.32 Å². The maximum absolute atomic E-state index is 12.2. The van der Waals surface area contributed by atoms with Gasteiger partial charge in [0.05, 0.1) is 19.4 Å². The van der Waals surface area contributed by atoms with E-state index in [4.69, 9.17) is 4.42 Å². The molecule has 4 rings (SSSR count). The zero-order valence-electron chi connectivity index (χ0n) is 14.6. The van der Waals surface area contributed by atoms with Gasteiger partial charge in [-0.1, -0.05) is 0 Å². The first-order valence-corrected chi connectivity index (χ1v) is 9.30. The maximum Gasteiger partial charge on any atom is 0.234 e. The molecule has 6 heteroatoms. The van der Waals surface area contributed by atoms with E-state index in [1.165, 1.54) is 18.7 Å². The molecule has 0 spiro atoms. The first-order valence-electron chi connectivity index (χ1n) is 9.30. The third kappa shape index (κ3) is 4.31. The molecule has 0 bridgehead atoms. The number of furan rings is 1. The number of amides is 1. The summed E-state index contributed by atoms with van der Waals surface area (Å²) >= 11 is 0. The highest BCUT2D eigenvalue weighted by Crippen LogP contribution is 2.33. The molecule has 0 radical (unpaired) electrons. The summed E-state index contributed by atoms with van der Waals surface area (Å²) in [6, 6.07) is 3.71. The number of imidazole rings is 1. The van der Waals surface area contributed by atoms with Gasteiger partial charge in [-0.05, 0) is 50.3 Å². The number of hydrogen-bond acceptors (Lipinski definition) is 4. The van der Waals surface area contributed by atoms with Crippen LogP contribution in [-0.2, 0) is 17.9 Å². The van der Waals surface area contributed by atoms with E-state index < -0.39 is 0 Å². The van der Waals surface area contributed by atoms with Gasteiger partial charge in [0.15, 0.2) is 0 Å². The lowest BCUT2D eigenvalue weighted by Gasteiger charge is -2.32.